The largest absolute Gasteiger partial charge is 0.389 e. The van der Waals surface area contributed by atoms with E-state index in [1.54, 1.807) is 0 Å². The first-order valence-electron chi connectivity index (χ1n) is 7.14. The molecule has 0 aromatic heterocycles. The van der Waals surface area contributed by atoms with Crippen LogP contribution >= 0.6 is 28.1 Å². The summed E-state index contributed by atoms with van der Waals surface area (Å²) in [5.41, 5.74) is 7.71. The number of benzene rings is 1. The number of thiocarbonyl (C=S) groups is 1. The van der Waals surface area contributed by atoms with Crippen LogP contribution in [0, 0.1) is 0 Å². The zero-order valence-corrected chi connectivity index (χ0v) is 14.3. The lowest BCUT2D eigenvalue weighted by Crippen LogP contribution is -2.38. The summed E-state index contributed by atoms with van der Waals surface area (Å²) in [6, 6.07) is 6.34. The van der Waals surface area contributed by atoms with E-state index >= 15 is 0 Å². The summed E-state index contributed by atoms with van der Waals surface area (Å²) in [6.07, 6.45) is 4.01. The summed E-state index contributed by atoms with van der Waals surface area (Å²) in [5.74, 6) is 0. The predicted molar refractivity (Wildman–Crippen MR) is 93.4 cm³/mol. The van der Waals surface area contributed by atoms with Crippen molar-refractivity contribution in [1.29, 1.82) is 0 Å². The molecule has 0 aliphatic carbocycles. The lowest BCUT2D eigenvalue weighted by Gasteiger charge is -2.30. The van der Waals surface area contributed by atoms with Gasteiger partial charge >= 0.3 is 0 Å². The molecule has 1 aliphatic heterocycles. The fraction of sp³-hybridized carbons (Fsp3) is 0.533. The molecule has 1 heterocycles. The van der Waals surface area contributed by atoms with E-state index in [0.717, 1.165) is 22.3 Å². The van der Waals surface area contributed by atoms with Gasteiger partial charge in [0.15, 0.2) is 0 Å². The van der Waals surface area contributed by atoms with Gasteiger partial charge < -0.3 is 16.0 Å². The van der Waals surface area contributed by atoms with Crippen LogP contribution in [0.15, 0.2) is 22.7 Å². The third-order valence-corrected chi connectivity index (χ3v) is 4.34. The molecule has 1 aromatic carbocycles. The van der Waals surface area contributed by atoms with Gasteiger partial charge in [0.2, 0.25) is 0 Å². The van der Waals surface area contributed by atoms with Crippen molar-refractivity contribution in [3.05, 3.63) is 28.2 Å². The number of likely N-dealkylation sites (tertiary alicyclic amines) is 1. The normalized spacial score (nSPS) is 17.7. The molecule has 1 fully saturated rings. The molecule has 0 radical (unpaired) electrons. The molecule has 3 nitrogen and oxygen atoms in total. The Bertz CT molecular complexity index is 472. The molecule has 1 aromatic rings. The van der Waals surface area contributed by atoms with Crippen molar-refractivity contribution in [3.63, 3.8) is 0 Å². The van der Waals surface area contributed by atoms with Gasteiger partial charge in [-0.1, -0.05) is 34.6 Å². The zero-order chi connectivity index (χ0) is 14.5. The predicted octanol–water partition coefficient (Wildman–Crippen LogP) is 3.37. The molecule has 0 amide bonds. The maximum absolute atomic E-state index is 5.79. The standard InChI is InChI=1S/C15H22BrN3S/c1-11(10-19-7-3-2-4-8-19)18-14-9-12(16)5-6-13(14)15(17)20/h5-6,9,11,18H,2-4,7-8,10H2,1H3,(H2,17,20). The maximum Gasteiger partial charge on any atom is 0.106 e. The zero-order valence-electron chi connectivity index (χ0n) is 11.9. The number of halogens is 1. The number of nitrogens with one attached hydrogen (secondary N) is 1. The van der Waals surface area contributed by atoms with Gasteiger partial charge in [-0.25, -0.2) is 0 Å². The SMILES string of the molecule is CC(CN1CCCCC1)Nc1cc(Br)ccc1C(N)=S. The number of piperidine rings is 1. The Balaban J connectivity index is 2.00. The van der Waals surface area contributed by atoms with E-state index in [9.17, 15) is 0 Å². The summed E-state index contributed by atoms with van der Waals surface area (Å²) < 4.78 is 1.03. The van der Waals surface area contributed by atoms with Gasteiger partial charge in [-0.3, -0.25) is 0 Å². The van der Waals surface area contributed by atoms with Crippen LogP contribution in [0.3, 0.4) is 0 Å². The Labute approximate surface area is 135 Å². The monoisotopic (exact) mass is 355 g/mol. The first-order valence-corrected chi connectivity index (χ1v) is 8.34. The van der Waals surface area contributed by atoms with E-state index in [1.807, 2.05) is 18.2 Å². The van der Waals surface area contributed by atoms with Gasteiger partial charge in [0, 0.05) is 28.3 Å². The topological polar surface area (TPSA) is 41.3 Å². The molecule has 1 aliphatic rings. The highest BCUT2D eigenvalue weighted by Gasteiger charge is 2.15. The van der Waals surface area contributed by atoms with Crippen LogP contribution in [0.2, 0.25) is 0 Å². The van der Waals surface area contributed by atoms with Gasteiger partial charge in [0.1, 0.15) is 4.99 Å². The minimum absolute atomic E-state index is 0.371. The molecule has 20 heavy (non-hydrogen) atoms. The van der Waals surface area contributed by atoms with Gasteiger partial charge in [0.25, 0.3) is 0 Å². The number of anilines is 1. The average Bonchev–Trinajstić information content (AvgIpc) is 2.39. The Morgan fingerprint density at radius 3 is 2.75 bits per heavy atom. The fourth-order valence-electron chi connectivity index (χ4n) is 2.69. The number of hydrogen-bond acceptors (Lipinski definition) is 3. The van der Waals surface area contributed by atoms with Gasteiger partial charge in [-0.05, 0) is 51.1 Å². The van der Waals surface area contributed by atoms with Gasteiger partial charge in [-0.15, -0.1) is 0 Å². The second kappa shape index (κ2) is 7.38. The van der Waals surface area contributed by atoms with Crippen molar-refractivity contribution in [2.75, 3.05) is 25.0 Å². The lowest BCUT2D eigenvalue weighted by atomic mass is 10.1. The van der Waals surface area contributed by atoms with E-state index in [4.69, 9.17) is 18.0 Å². The molecule has 0 saturated carbocycles. The van der Waals surface area contributed by atoms with Crippen LogP contribution in [0.1, 0.15) is 31.7 Å². The third kappa shape index (κ3) is 4.43. The second-order valence-corrected chi connectivity index (χ2v) is 6.82. The van der Waals surface area contributed by atoms with E-state index in [0.29, 0.717) is 11.0 Å². The molecule has 0 bridgehead atoms. The van der Waals surface area contributed by atoms with Crippen molar-refractivity contribution in [2.45, 2.75) is 32.2 Å². The summed E-state index contributed by atoms with van der Waals surface area (Å²) >= 11 is 8.62. The summed E-state index contributed by atoms with van der Waals surface area (Å²) in [7, 11) is 0. The number of nitrogens with two attached hydrogens (primary N) is 1. The number of rotatable bonds is 5. The molecule has 1 atom stereocenters. The Hall–Kier alpha value is -0.650. The molecule has 3 N–H and O–H groups in total. The third-order valence-electron chi connectivity index (χ3n) is 3.63. The number of hydrogen-bond donors (Lipinski definition) is 2. The first kappa shape index (κ1) is 15.7. The minimum atomic E-state index is 0.371. The molecule has 2 rings (SSSR count). The van der Waals surface area contributed by atoms with Gasteiger partial charge in [-0.2, -0.15) is 0 Å². The molecule has 1 saturated heterocycles. The molecular weight excluding hydrogens is 334 g/mol. The van der Waals surface area contributed by atoms with Crippen molar-refractivity contribution in [1.82, 2.24) is 4.90 Å². The second-order valence-electron chi connectivity index (χ2n) is 5.46. The van der Waals surface area contributed by atoms with E-state index in [2.05, 4.69) is 33.1 Å². The molecule has 0 spiro atoms. The lowest BCUT2D eigenvalue weighted by molar-refractivity contribution is 0.223. The highest BCUT2D eigenvalue weighted by molar-refractivity contribution is 9.10. The average molecular weight is 356 g/mol. The van der Waals surface area contributed by atoms with Crippen LogP contribution < -0.4 is 11.1 Å². The Morgan fingerprint density at radius 2 is 2.10 bits per heavy atom. The van der Waals surface area contributed by atoms with Crippen molar-refractivity contribution >= 4 is 38.8 Å². The molecule has 1 unspecified atom stereocenters. The molecule has 110 valence electrons. The van der Waals surface area contributed by atoms with Crippen molar-refractivity contribution < 1.29 is 0 Å². The fourth-order valence-corrected chi connectivity index (χ4v) is 3.23. The summed E-state index contributed by atoms with van der Waals surface area (Å²) in [5, 5.41) is 3.54. The van der Waals surface area contributed by atoms with E-state index in [1.165, 1.54) is 32.4 Å². The van der Waals surface area contributed by atoms with E-state index < -0.39 is 0 Å². The molecular formula is C15H22BrN3S. The highest BCUT2D eigenvalue weighted by atomic mass is 79.9. The van der Waals surface area contributed by atoms with Crippen LogP contribution in [0.25, 0.3) is 0 Å². The van der Waals surface area contributed by atoms with Crippen molar-refractivity contribution in [2.24, 2.45) is 5.73 Å². The number of nitrogens with zero attached hydrogens (tertiary/aromatic N) is 1. The summed E-state index contributed by atoms with van der Waals surface area (Å²) in [6.45, 7) is 5.70. The Morgan fingerprint density at radius 1 is 1.40 bits per heavy atom. The minimum Gasteiger partial charge on any atom is -0.389 e. The van der Waals surface area contributed by atoms with Crippen LogP contribution in [-0.2, 0) is 0 Å². The molecule has 5 heteroatoms. The van der Waals surface area contributed by atoms with Crippen LogP contribution in [0.4, 0.5) is 5.69 Å². The van der Waals surface area contributed by atoms with Crippen LogP contribution in [-0.4, -0.2) is 35.6 Å². The van der Waals surface area contributed by atoms with Crippen molar-refractivity contribution in [3.8, 4) is 0 Å². The summed E-state index contributed by atoms with van der Waals surface area (Å²) in [4.78, 5) is 2.96. The maximum atomic E-state index is 5.79. The quantitative estimate of drug-likeness (QED) is 0.794. The smallest absolute Gasteiger partial charge is 0.106 e. The first-order chi connectivity index (χ1) is 9.56. The van der Waals surface area contributed by atoms with Crippen LogP contribution in [0.5, 0.6) is 0 Å². The Kier molecular flexibility index (Phi) is 5.81. The highest BCUT2D eigenvalue weighted by Crippen LogP contribution is 2.22. The van der Waals surface area contributed by atoms with Gasteiger partial charge in [0.05, 0.1) is 0 Å². The van der Waals surface area contributed by atoms with E-state index in [-0.39, 0.29) is 0 Å².